The van der Waals surface area contributed by atoms with E-state index in [0.29, 0.717) is 13.0 Å². The van der Waals surface area contributed by atoms with Crippen LogP contribution in [0.2, 0.25) is 0 Å². The lowest BCUT2D eigenvalue weighted by Crippen LogP contribution is -2.30. The number of amides is 1. The summed E-state index contributed by atoms with van der Waals surface area (Å²) in [5, 5.41) is 2.87. The van der Waals surface area contributed by atoms with Gasteiger partial charge in [0, 0.05) is 12.5 Å². The molecule has 1 amide bonds. The number of benzene rings is 1. The number of hydrogen-bond acceptors (Lipinski definition) is 3. The Hall–Kier alpha value is -1.55. The van der Waals surface area contributed by atoms with Gasteiger partial charge in [0.25, 0.3) is 0 Å². The van der Waals surface area contributed by atoms with Crippen LogP contribution in [0.25, 0.3) is 0 Å². The predicted molar refractivity (Wildman–Crippen MR) is 65.7 cm³/mol. The van der Waals surface area contributed by atoms with Gasteiger partial charge in [0.2, 0.25) is 5.91 Å². The van der Waals surface area contributed by atoms with Gasteiger partial charge in [-0.2, -0.15) is 0 Å². The summed E-state index contributed by atoms with van der Waals surface area (Å²) in [4.78, 5) is 11.0. The molecule has 3 N–H and O–H groups in total. The number of carbonyl (C=O) groups excluding carboxylic acids is 1. The van der Waals surface area contributed by atoms with Crippen LogP contribution in [-0.4, -0.2) is 18.6 Å². The van der Waals surface area contributed by atoms with Crippen LogP contribution < -0.4 is 15.8 Å². The Morgan fingerprint density at radius 1 is 1.47 bits per heavy atom. The Morgan fingerprint density at radius 2 is 2.18 bits per heavy atom. The van der Waals surface area contributed by atoms with Crippen molar-refractivity contribution in [1.82, 2.24) is 5.32 Å². The average Bonchev–Trinajstić information content (AvgIpc) is 2.73. The molecule has 92 valence electrons. The Bertz CT molecular complexity index is 387. The summed E-state index contributed by atoms with van der Waals surface area (Å²) in [6.45, 7) is 2.48. The van der Waals surface area contributed by atoms with Crippen LogP contribution >= 0.6 is 0 Å². The highest BCUT2D eigenvalue weighted by Gasteiger charge is 2.20. The Balaban J connectivity index is 1.85. The van der Waals surface area contributed by atoms with Crippen molar-refractivity contribution in [2.75, 3.05) is 6.61 Å². The van der Waals surface area contributed by atoms with E-state index in [1.807, 2.05) is 31.2 Å². The molecule has 17 heavy (non-hydrogen) atoms. The maximum atomic E-state index is 11.0. The van der Waals surface area contributed by atoms with E-state index < -0.39 is 0 Å². The van der Waals surface area contributed by atoms with Crippen molar-refractivity contribution in [2.24, 2.45) is 5.73 Å². The summed E-state index contributed by atoms with van der Waals surface area (Å²) in [6.07, 6.45) is 1.47. The highest BCUT2D eigenvalue weighted by Crippen LogP contribution is 2.17. The molecule has 2 rings (SSSR count). The number of carbonyl (C=O) groups is 1. The molecule has 0 aliphatic carbocycles. The van der Waals surface area contributed by atoms with Crippen LogP contribution in [0.4, 0.5) is 0 Å². The third-order valence-corrected chi connectivity index (χ3v) is 2.94. The molecule has 1 aliphatic heterocycles. The minimum absolute atomic E-state index is 0.0400. The molecule has 0 bridgehead atoms. The van der Waals surface area contributed by atoms with E-state index in [0.717, 1.165) is 17.7 Å². The summed E-state index contributed by atoms with van der Waals surface area (Å²) in [7, 11) is 0. The maximum absolute atomic E-state index is 11.0. The number of rotatable bonds is 4. The summed E-state index contributed by atoms with van der Waals surface area (Å²) >= 11 is 0. The molecule has 2 atom stereocenters. The molecule has 1 aromatic rings. The molecular formula is C13H18N2O2. The highest BCUT2D eigenvalue weighted by molar-refractivity contribution is 5.78. The standard InChI is InChI=1S/C13H18N2O2/c1-9(14)10-2-5-12(6-3-10)17-8-11-4-7-13(16)15-11/h2-3,5-6,9,11H,4,7-8,14H2,1H3,(H,15,16)/t9-,11?/m0/s1. The van der Waals surface area contributed by atoms with Gasteiger partial charge in [0.15, 0.2) is 0 Å². The molecule has 0 saturated carbocycles. The molecule has 1 saturated heterocycles. The summed E-state index contributed by atoms with van der Waals surface area (Å²) in [6, 6.07) is 7.94. The molecule has 4 nitrogen and oxygen atoms in total. The van der Waals surface area contributed by atoms with E-state index >= 15 is 0 Å². The van der Waals surface area contributed by atoms with Gasteiger partial charge in [0.1, 0.15) is 12.4 Å². The van der Waals surface area contributed by atoms with Gasteiger partial charge in [-0.25, -0.2) is 0 Å². The third kappa shape index (κ3) is 3.20. The normalized spacial score (nSPS) is 21.1. The first-order chi connectivity index (χ1) is 8.15. The molecule has 0 radical (unpaired) electrons. The SMILES string of the molecule is C[C@H](N)c1ccc(OCC2CCC(=O)N2)cc1. The van der Waals surface area contributed by atoms with E-state index in [-0.39, 0.29) is 18.0 Å². The van der Waals surface area contributed by atoms with E-state index in [4.69, 9.17) is 10.5 Å². The van der Waals surface area contributed by atoms with Crippen molar-refractivity contribution in [3.8, 4) is 5.75 Å². The van der Waals surface area contributed by atoms with Crippen molar-refractivity contribution in [3.05, 3.63) is 29.8 Å². The summed E-state index contributed by atoms with van der Waals surface area (Å²) in [5.41, 5.74) is 6.85. The van der Waals surface area contributed by atoms with Crippen molar-refractivity contribution in [3.63, 3.8) is 0 Å². The molecule has 0 aromatic heterocycles. The van der Waals surface area contributed by atoms with Crippen LogP contribution in [0.5, 0.6) is 5.75 Å². The minimum Gasteiger partial charge on any atom is -0.491 e. The van der Waals surface area contributed by atoms with Crippen LogP contribution in [0, 0.1) is 0 Å². The fraction of sp³-hybridized carbons (Fsp3) is 0.462. The fourth-order valence-corrected chi connectivity index (χ4v) is 1.87. The minimum atomic E-state index is 0.0400. The number of nitrogens with two attached hydrogens (primary N) is 1. The van der Waals surface area contributed by atoms with Crippen LogP contribution in [0.15, 0.2) is 24.3 Å². The highest BCUT2D eigenvalue weighted by atomic mass is 16.5. The Morgan fingerprint density at radius 3 is 2.71 bits per heavy atom. The van der Waals surface area contributed by atoms with E-state index in [1.165, 1.54) is 0 Å². The second-order valence-corrected chi connectivity index (χ2v) is 4.47. The van der Waals surface area contributed by atoms with Crippen LogP contribution in [0.1, 0.15) is 31.4 Å². The zero-order chi connectivity index (χ0) is 12.3. The molecule has 1 aliphatic rings. The molecule has 1 heterocycles. The van der Waals surface area contributed by atoms with E-state index in [2.05, 4.69) is 5.32 Å². The third-order valence-electron chi connectivity index (χ3n) is 2.94. The lowest BCUT2D eigenvalue weighted by atomic mass is 10.1. The van der Waals surface area contributed by atoms with Gasteiger partial charge in [0.05, 0.1) is 6.04 Å². The van der Waals surface area contributed by atoms with Gasteiger partial charge in [-0.15, -0.1) is 0 Å². The average molecular weight is 234 g/mol. The number of ether oxygens (including phenoxy) is 1. The maximum Gasteiger partial charge on any atom is 0.220 e. The van der Waals surface area contributed by atoms with Gasteiger partial charge in [-0.3, -0.25) is 4.79 Å². The van der Waals surface area contributed by atoms with Gasteiger partial charge in [-0.05, 0) is 31.0 Å². The molecule has 1 aromatic carbocycles. The van der Waals surface area contributed by atoms with Gasteiger partial charge in [-0.1, -0.05) is 12.1 Å². The molecule has 0 spiro atoms. The zero-order valence-electron chi connectivity index (χ0n) is 9.98. The fourth-order valence-electron chi connectivity index (χ4n) is 1.87. The van der Waals surface area contributed by atoms with Gasteiger partial charge >= 0.3 is 0 Å². The molecule has 1 unspecified atom stereocenters. The first-order valence-corrected chi connectivity index (χ1v) is 5.93. The van der Waals surface area contributed by atoms with Crippen LogP contribution in [-0.2, 0) is 4.79 Å². The molecular weight excluding hydrogens is 216 g/mol. The number of nitrogens with one attached hydrogen (secondary N) is 1. The largest absolute Gasteiger partial charge is 0.491 e. The lowest BCUT2D eigenvalue weighted by Gasteiger charge is -2.12. The van der Waals surface area contributed by atoms with E-state index in [1.54, 1.807) is 0 Å². The monoisotopic (exact) mass is 234 g/mol. The van der Waals surface area contributed by atoms with Crippen molar-refractivity contribution >= 4 is 5.91 Å². The van der Waals surface area contributed by atoms with Crippen LogP contribution in [0.3, 0.4) is 0 Å². The summed E-state index contributed by atoms with van der Waals surface area (Å²) in [5.74, 6) is 0.932. The second kappa shape index (κ2) is 5.19. The van der Waals surface area contributed by atoms with Crippen molar-refractivity contribution < 1.29 is 9.53 Å². The smallest absolute Gasteiger partial charge is 0.220 e. The quantitative estimate of drug-likeness (QED) is 0.826. The predicted octanol–water partition coefficient (Wildman–Crippen LogP) is 1.36. The Labute approximate surface area is 101 Å². The van der Waals surface area contributed by atoms with Crippen molar-refractivity contribution in [2.45, 2.75) is 31.8 Å². The molecule has 1 fully saturated rings. The zero-order valence-corrected chi connectivity index (χ0v) is 9.98. The molecule has 4 heteroatoms. The first kappa shape index (κ1) is 11.9. The second-order valence-electron chi connectivity index (χ2n) is 4.47. The Kier molecular flexibility index (Phi) is 3.64. The lowest BCUT2D eigenvalue weighted by molar-refractivity contribution is -0.119. The van der Waals surface area contributed by atoms with Crippen molar-refractivity contribution in [1.29, 1.82) is 0 Å². The summed E-state index contributed by atoms with van der Waals surface area (Å²) < 4.78 is 5.62. The van der Waals surface area contributed by atoms with Gasteiger partial charge < -0.3 is 15.8 Å². The first-order valence-electron chi connectivity index (χ1n) is 5.93. The van der Waals surface area contributed by atoms with E-state index in [9.17, 15) is 4.79 Å². The topological polar surface area (TPSA) is 64.3 Å². The number of hydrogen-bond donors (Lipinski definition) is 2.